The molecule has 0 spiro atoms. The third kappa shape index (κ3) is 4.29. The number of thioether (sulfide) groups is 1. The maximum absolute atomic E-state index is 8.76. The van der Waals surface area contributed by atoms with Crippen LogP contribution < -0.4 is 5.32 Å². The zero-order valence-electron chi connectivity index (χ0n) is 11.6. The average Bonchev–Trinajstić information content (AvgIpc) is 2.75. The largest absolute Gasteiger partial charge is 0.335 e. The molecule has 0 amide bonds. The third-order valence-corrected chi connectivity index (χ3v) is 3.93. The number of rotatable bonds is 2. The van der Waals surface area contributed by atoms with Crippen molar-refractivity contribution in [1.82, 2.24) is 0 Å². The molecule has 1 aliphatic heterocycles. The van der Waals surface area contributed by atoms with Gasteiger partial charge in [-0.05, 0) is 36.1 Å². The van der Waals surface area contributed by atoms with Crippen molar-refractivity contribution in [3.63, 3.8) is 0 Å². The molecule has 1 heterocycles. The lowest BCUT2D eigenvalue weighted by Crippen LogP contribution is -2.16. The minimum Gasteiger partial charge on any atom is -0.335 e. The van der Waals surface area contributed by atoms with Gasteiger partial charge in [-0.2, -0.15) is 5.26 Å². The highest BCUT2D eigenvalue weighted by molar-refractivity contribution is 8.15. The van der Waals surface area contributed by atoms with Crippen LogP contribution in [0.15, 0.2) is 29.3 Å². The first-order valence-electron chi connectivity index (χ1n) is 6.44. The van der Waals surface area contributed by atoms with E-state index < -0.39 is 0 Å². The molecule has 1 unspecified atom stereocenters. The summed E-state index contributed by atoms with van der Waals surface area (Å²) >= 11 is 1.82. The number of nitrogens with one attached hydrogen (secondary N) is 1. The molecule has 0 saturated heterocycles. The van der Waals surface area contributed by atoms with Crippen molar-refractivity contribution in [3.8, 4) is 6.07 Å². The first-order chi connectivity index (χ1) is 8.96. The Balaban J connectivity index is 1.89. The van der Waals surface area contributed by atoms with E-state index in [1.165, 1.54) is 6.42 Å². The molecule has 3 nitrogen and oxygen atoms in total. The summed E-state index contributed by atoms with van der Waals surface area (Å²) in [6, 6.07) is 9.58. The van der Waals surface area contributed by atoms with Crippen LogP contribution >= 0.6 is 11.8 Å². The predicted molar refractivity (Wildman–Crippen MR) is 82.5 cm³/mol. The molecule has 1 aromatic carbocycles. The second-order valence-corrected chi connectivity index (χ2v) is 7.25. The van der Waals surface area contributed by atoms with Gasteiger partial charge in [0.15, 0.2) is 5.17 Å². The molecule has 1 atom stereocenters. The molecule has 0 fully saturated rings. The van der Waals surface area contributed by atoms with Gasteiger partial charge in [-0.25, -0.2) is 0 Å². The zero-order chi connectivity index (χ0) is 13.9. The number of anilines is 1. The van der Waals surface area contributed by atoms with Gasteiger partial charge in [0.2, 0.25) is 0 Å². The van der Waals surface area contributed by atoms with Crippen LogP contribution in [0.5, 0.6) is 0 Å². The van der Waals surface area contributed by atoms with Crippen LogP contribution in [-0.2, 0) is 0 Å². The summed E-state index contributed by atoms with van der Waals surface area (Å²) in [7, 11) is 0. The monoisotopic (exact) mass is 273 g/mol. The van der Waals surface area contributed by atoms with Crippen LogP contribution in [0.1, 0.15) is 32.8 Å². The lowest BCUT2D eigenvalue weighted by Gasteiger charge is -2.21. The molecule has 0 radical (unpaired) electrons. The van der Waals surface area contributed by atoms with Gasteiger partial charge >= 0.3 is 0 Å². The molecule has 0 aromatic heterocycles. The molecule has 1 aromatic rings. The van der Waals surface area contributed by atoms with E-state index >= 15 is 0 Å². The molecule has 100 valence electrons. The molecular weight excluding hydrogens is 254 g/mol. The SMILES string of the molecule is CC(C)(C)CC1CN=C(Nc2ccc(C#N)cc2)S1. The second-order valence-electron chi connectivity index (χ2n) is 5.96. The van der Waals surface area contributed by atoms with E-state index in [0.717, 1.165) is 17.4 Å². The molecule has 1 aliphatic rings. The Morgan fingerprint density at radius 3 is 2.63 bits per heavy atom. The van der Waals surface area contributed by atoms with Crippen molar-refractivity contribution < 1.29 is 0 Å². The van der Waals surface area contributed by atoms with Gasteiger partial charge in [0, 0.05) is 10.9 Å². The summed E-state index contributed by atoms with van der Waals surface area (Å²) < 4.78 is 0. The summed E-state index contributed by atoms with van der Waals surface area (Å²) in [5.74, 6) is 0. The number of amidine groups is 1. The number of nitriles is 1. The van der Waals surface area contributed by atoms with E-state index in [4.69, 9.17) is 5.26 Å². The molecule has 0 aliphatic carbocycles. The van der Waals surface area contributed by atoms with Gasteiger partial charge in [-0.1, -0.05) is 32.5 Å². The Morgan fingerprint density at radius 1 is 1.37 bits per heavy atom. The minimum atomic E-state index is 0.344. The highest BCUT2D eigenvalue weighted by Crippen LogP contribution is 2.32. The maximum atomic E-state index is 8.76. The third-order valence-electron chi connectivity index (χ3n) is 2.82. The van der Waals surface area contributed by atoms with Crippen molar-refractivity contribution in [3.05, 3.63) is 29.8 Å². The molecule has 0 saturated carbocycles. The van der Waals surface area contributed by atoms with E-state index in [-0.39, 0.29) is 0 Å². The van der Waals surface area contributed by atoms with Crippen molar-refractivity contribution in [1.29, 1.82) is 5.26 Å². The minimum absolute atomic E-state index is 0.344. The number of hydrogen-bond donors (Lipinski definition) is 1. The second kappa shape index (κ2) is 5.66. The highest BCUT2D eigenvalue weighted by Gasteiger charge is 2.24. The molecular formula is C15H19N3S. The van der Waals surface area contributed by atoms with E-state index in [1.54, 1.807) is 0 Å². The normalized spacial score (nSPS) is 18.8. The van der Waals surface area contributed by atoms with Gasteiger partial charge < -0.3 is 5.32 Å². The van der Waals surface area contributed by atoms with Crippen molar-refractivity contribution in [2.45, 2.75) is 32.4 Å². The summed E-state index contributed by atoms with van der Waals surface area (Å²) in [4.78, 5) is 4.54. The van der Waals surface area contributed by atoms with Crippen molar-refractivity contribution in [2.75, 3.05) is 11.9 Å². The Kier molecular flexibility index (Phi) is 4.16. The number of hydrogen-bond acceptors (Lipinski definition) is 4. The van der Waals surface area contributed by atoms with Gasteiger partial charge in [0.05, 0.1) is 18.2 Å². The fraction of sp³-hybridized carbons (Fsp3) is 0.467. The zero-order valence-corrected chi connectivity index (χ0v) is 12.4. The Bertz CT molecular complexity index is 506. The van der Waals surface area contributed by atoms with Crippen molar-refractivity contribution in [2.24, 2.45) is 10.4 Å². The lowest BCUT2D eigenvalue weighted by atomic mass is 9.90. The standard InChI is InChI=1S/C15H19N3S/c1-15(2,3)8-13-10-17-14(19-13)18-12-6-4-11(9-16)5-7-12/h4-7,13H,8,10H2,1-3H3,(H,17,18). The van der Waals surface area contributed by atoms with E-state index in [0.29, 0.717) is 16.2 Å². The Labute approximate surface area is 119 Å². The van der Waals surface area contributed by atoms with Crippen LogP contribution in [-0.4, -0.2) is 17.0 Å². The van der Waals surface area contributed by atoms with Crippen molar-refractivity contribution >= 4 is 22.6 Å². The van der Waals surface area contributed by atoms with E-state index in [9.17, 15) is 0 Å². The smallest absolute Gasteiger partial charge is 0.161 e. The Hall–Kier alpha value is -1.47. The van der Waals surface area contributed by atoms with Gasteiger partial charge in [0.1, 0.15) is 0 Å². The molecule has 0 bridgehead atoms. The first-order valence-corrected chi connectivity index (χ1v) is 7.32. The highest BCUT2D eigenvalue weighted by atomic mass is 32.2. The maximum Gasteiger partial charge on any atom is 0.161 e. The van der Waals surface area contributed by atoms with E-state index in [1.807, 2.05) is 36.0 Å². The number of aliphatic imine (C=N–C) groups is 1. The fourth-order valence-corrected chi connectivity index (χ4v) is 3.40. The predicted octanol–water partition coefficient (Wildman–Crippen LogP) is 3.88. The quantitative estimate of drug-likeness (QED) is 0.889. The van der Waals surface area contributed by atoms with Gasteiger partial charge in [0.25, 0.3) is 0 Å². The summed E-state index contributed by atoms with van der Waals surface area (Å²) in [5.41, 5.74) is 2.01. The molecule has 2 rings (SSSR count). The Morgan fingerprint density at radius 2 is 2.05 bits per heavy atom. The number of nitrogens with zero attached hydrogens (tertiary/aromatic N) is 2. The van der Waals surface area contributed by atoms with Gasteiger partial charge in [-0.3, -0.25) is 4.99 Å². The van der Waals surface area contributed by atoms with Crippen LogP contribution in [0.25, 0.3) is 0 Å². The number of benzene rings is 1. The van der Waals surface area contributed by atoms with Crippen LogP contribution in [0.4, 0.5) is 5.69 Å². The first kappa shape index (κ1) is 14.0. The van der Waals surface area contributed by atoms with Crippen LogP contribution in [0.2, 0.25) is 0 Å². The topological polar surface area (TPSA) is 48.2 Å². The van der Waals surface area contributed by atoms with E-state index in [2.05, 4.69) is 37.1 Å². The van der Waals surface area contributed by atoms with Gasteiger partial charge in [-0.15, -0.1) is 0 Å². The van der Waals surface area contributed by atoms with Crippen LogP contribution in [0.3, 0.4) is 0 Å². The molecule has 1 N–H and O–H groups in total. The molecule has 4 heteroatoms. The summed E-state index contributed by atoms with van der Waals surface area (Å²) in [6.07, 6.45) is 1.17. The summed E-state index contributed by atoms with van der Waals surface area (Å²) in [6.45, 7) is 7.68. The lowest BCUT2D eigenvalue weighted by molar-refractivity contribution is 0.375. The molecule has 19 heavy (non-hydrogen) atoms. The fourth-order valence-electron chi connectivity index (χ4n) is 2.03. The summed E-state index contributed by atoms with van der Waals surface area (Å²) in [5, 5.41) is 13.6. The average molecular weight is 273 g/mol. The van der Waals surface area contributed by atoms with Crippen LogP contribution in [0, 0.1) is 16.7 Å².